The number of rotatable bonds is 18. The number of unbranched alkanes of at least 4 members (excludes halogenated alkanes) is 16. The fraction of sp³-hybridized carbons (Fsp3) is 1.00. The third-order valence-corrected chi connectivity index (χ3v) is 4.89. The smallest absolute Gasteiger partial charge is 0.0471 e. The minimum atomic E-state index is 0.899. The van der Waals surface area contributed by atoms with E-state index in [1.165, 1.54) is 116 Å². The highest BCUT2D eigenvalue weighted by Crippen LogP contribution is 2.15. The van der Waals surface area contributed by atoms with Crippen LogP contribution in [-0.2, 0) is 0 Å². The van der Waals surface area contributed by atoms with Gasteiger partial charge >= 0.3 is 0 Å². The Kier molecular flexibility index (Phi) is 19.0. The van der Waals surface area contributed by atoms with Gasteiger partial charge in [0.05, 0.1) is 0 Å². The molecule has 0 nitrogen and oxygen atoms in total. The van der Waals surface area contributed by atoms with Gasteiger partial charge in [-0.2, -0.15) is 0 Å². The lowest BCUT2D eigenvalue weighted by Crippen LogP contribution is -1.87. The first kappa shape index (κ1) is 22.0. The van der Waals surface area contributed by atoms with E-state index < -0.39 is 0 Å². The van der Waals surface area contributed by atoms with E-state index in [1.807, 2.05) is 0 Å². The Morgan fingerprint density at radius 2 is 0.682 bits per heavy atom. The zero-order valence-corrected chi connectivity index (χ0v) is 16.3. The molecule has 0 aliphatic carbocycles. The second kappa shape index (κ2) is 19.0. The predicted octanol–water partition coefficient (Wildman–Crippen LogP) is 8.68. The van der Waals surface area contributed by atoms with Crippen molar-refractivity contribution in [3.05, 3.63) is 0 Å². The highest BCUT2D eigenvalue weighted by Gasteiger charge is 1.96. The van der Waals surface area contributed by atoms with Gasteiger partial charge in [-0.05, 0) is 5.92 Å². The Morgan fingerprint density at radius 1 is 0.409 bits per heavy atom. The van der Waals surface area contributed by atoms with E-state index in [9.17, 15) is 0 Å². The Balaban J connectivity index is 2.94. The monoisotopic (exact) mass is 310 g/mol. The van der Waals surface area contributed by atoms with Crippen molar-refractivity contribution in [2.24, 2.45) is 5.92 Å². The molecule has 0 rings (SSSR count). The molecule has 0 aromatic heterocycles. The molecule has 0 spiro atoms. The molecule has 0 fully saturated rings. The summed E-state index contributed by atoms with van der Waals surface area (Å²) in [5.41, 5.74) is 0. The second-order valence-corrected chi connectivity index (χ2v) is 7.84. The van der Waals surface area contributed by atoms with Gasteiger partial charge in [0.1, 0.15) is 0 Å². The van der Waals surface area contributed by atoms with Crippen LogP contribution in [0.4, 0.5) is 0 Å². The molecule has 134 valence electrons. The molecule has 0 radical (unpaired) electrons. The van der Waals surface area contributed by atoms with Gasteiger partial charge < -0.3 is 0 Å². The van der Waals surface area contributed by atoms with Gasteiger partial charge in [0.25, 0.3) is 0 Å². The number of hydrogen-bond acceptors (Lipinski definition) is 0. The summed E-state index contributed by atoms with van der Waals surface area (Å²) in [5, 5.41) is 0. The molecule has 0 heteroatoms. The molecule has 0 atom stereocenters. The highest BCUT2D eigenvalue weighted by molar-refractivity contribution is 4.51. The standard InChI is InChI=1S/C22H46/c1-4-5-6-7-8-9-10-11-12-13-14-15-16-17-18-19-20-21-22(2)3/h22H,4-21H2,1-3H3. The number of hydrogen-bond donors (Lipinski definition) is 0. The van der Waals surface area contributed by atoms with Crippen LogP contribution in [0.15, 0.2) is 0 Å². The van der Waals surface area contributed by atoms with E-state index in [-0.39, 0.29) is 0 Å². The molecule has 0 saturated carbocycles. The van der Waals surface area contributed by atoms with Crippen LogP contribution in [0.25, 0.3) is 0 Å². The quantitative estimate of drug-likeness (QED) is 0.222. The molecular formula is C22H46. The van der Waals surface area contributed by atoms with Crippen LogP contribution in [0.1, 0.15) is 136 Å². The van der Waals surface area contributed by atoms with E-state index in [0.717, 1.165) is 5.92 Å². The maximum Gasteiger partial charge on any atom is -0.0471 e. The van der Waals surface area contributed by atoms with Crippen molar-refractivity contribution in [3.63, 3.8) is 0 Å². The summed E-state index contributed by atoms with van der Waals surface area (Å²) in [4.78, 5) is 0. The lowest BCUT2D eigenvalue weighted by atomic mass is 10.0. The molecule has 22 heavy (non-hydrogen) atoms. The van der Waals surface area contributed by atoms with Crippen LogP contribution >= 0.6 is 0 Å². The first-order valence-corrected chi connectivity index (χ1v) is 10.8. The third-order valence-electron chi connectivity index (χ3n) is 4.89. The fourth-order valence-corrected chi connectivity index (χ4v) is 3.28. The Morgan fingerprint density at radius 3 is 0.955 bits per heavy atom. The first-order chi connectivity index (χ1) is 10.8. The van der Waals surface area contributed by atoms with Crippen molar-refractivity contribution in [1.29, 1.82) is 0 Å². The van der Waals surface area contributed by atoms with Gasteiger partial charge in [-0.3, -0.25) is 0 Å². The van der Waals surface area contributed by atoms with E-state index in [0.29, 0.717) is 0 Å². The minimum absolute atomic E-state index is 0.899. The molecule has 0 saturated heterocycles. The maximum atomic E-state index is 2.34. The summed E-state index contributed by atoms with van der Waals surface area (Å²) in [7, 11) is 0. The summed E-state index contributed by atoms with van der Waals surface area (Å²) < 4.78 is 0. The van der Waals surface area contributed by atoms with Crippen LogP contribution in [0.3, 0.4) is 0 Å². The van der Waals surface area contributed by atoms with Crippen molar-refractivity contribution < 1.29 is 0 Å². The largest absolute Gasteiger partial charge is 0.0654 e. The molecule has 0 heterocycles. The molecule has 0 aliphatic heterocycles. The molecule has 0 aromatic carbocycles. The van der Waals surface area contributed by atoms with Crippen molar-refractivity contribution in [2.45, 2.75) is 136 Å². The predicted molar refractivity (Wildman–Crippen MR) is 104 cm³/mol. The van der Waals surface area contributed by atoms with Gasteiger partial charge in [0.2, 0.25) is 0 Å². The van der Waals surface area contributed by atoms with Gasteiger partial charge in [-0.1, -0.05) is 136 Å². The van der Waals surface area contributed by atoms with Gasteiger partial charge in [0, 0.05) is 0 Å². The fourth-order valence-electron chi connectivity index (χ4n) is 3.28. The SMILES string of the molecule is CCCCCCCCCCCCCCCCCCCC(C)C. The van der Waals surface area contributed by atoms with Crippen LogP contribution in [0, 0.1) is 5.92 Å². The third kappa shape index (κ3) is 20.0. The second-order valence-electron chi connectivity index (χ2n) is 7.84. The minimum Gasteiger partial charge on any atom is -0.0654 e. The zero-order chi connectivity index (χ0) is 16.3. The normalized spacial score (nSPS) is 11.5. The van der Waals surface area contributed by atoms with E-state index >= 15 is 0 Å². The van der Waals surface area contributed by atoms with Crippen LogP contribution in [0.5, 0.6) is 0 Å². The highest BCUT2D eigenvalue weighted by atomic mass is 14.0. The van der Waals surface area contributed by atoms with Crippen LogP contribution in [0.2, 0.25) is 0 Å². The van der Waals surface area contributed by atoms with Crippen molar-refractivity contribution in [2.75, 3.05) is 0 Å². The summed E-state index contributed by atoms with van der Waals surface area (Å²) in [5.74, 6) is 0.899. The Hall–Kier alpha value is 0. The van der Waals surface area contributed by atoms with Crippen LogP contribution < -0.4 is 0 Å². The van der Waals surface area contributed by atoms with Crippen molar-refractivity contribution in [3.8, 4) is 0 Å². The lowest BCUT2D eigenvalue weighted by molar-refractivity contribution is 0.501. The van der Waals surface area contributed by atoms with Crippen molar-refractivity contribution >= 4 is 0 Å². The van der Waals surface area contributed by atoms with Gasteiger partial charge in [-0.15, -0.1) is 0 Å². The Labute approximate surface area is 142 Å². The van der Waals surface area contributed by atoms with E-state index in [4.69, 9.17) is 0 Å². The first-order valence-electron chi connectivity index (χ1n) is 10.8. The summed E-state index contributed by atoms with van der Waals surface area (Å²) in [6.45, 7) is 6.98. The summed E-state index contributed by atoms with van der Waals surface area (Å²) >= 11 is 0. The molecule has 0 amide bonds. The maximum absolute atomic E-state index is 2.34. The van der Waals surface area contributed by atoms with Crippen molar-refractivity contribution in [1.82, 2.24) is 0 Å². The molecule has 0 aliphatic rings. The van der Waals surface area contributed by atoms with Crippen LogP contribution in [-0.4, -0.2) is 0 Å². The average molecular weight is 311 g/mol. The molecular weight excluding hydrogens is 264 g/mol. The average Bonchev–Trinajstić information content (AvgIpc) is 2.50. The van der Waals surface area contributed by atoms with Gasteiger partial charge in [0.15, 0.2) is 0 Å². The van der Waals surface area contributed by atoms with E-state index in [2.05, 4.69) is 20.8 Å². The summed E-state index contributed by atoms with van der Waals surface area (Å²) in [6, 6.07) is 0. The van der Waals surface area contributed by atoms with E-state index in [1.54, 1.807) is 0 Å². The molecule has 0 N–H and O–H groups in total. The topological polar surface area (TPSA) is 0 Å². The molecule has 0 aromatic rings. The molecule has 0 bridgehead atoms. The van der Waals surface area contributed by atoms with Gasteiger partial charge in [-0.25, -0.2) is 0 Å². The zero-order valence-electron chi connectivity index (χ0n) is 16.3. The lowest BCUT2D eigenvalue weighted by Gasteiger charge is -2.05. The Bertz CT molecular complexity index is 182. The molecule has 0 unspecified atom stereocenters. The summed E-state index contributed by atoms with van der Waals surface area (Å²) in [6.07, 6.45) is 26.5.